The lowest BCUT2D eigenvalue weighted by atomic mass is 10.1. The molecule has 0 aliphatic rings. The Morgan fingerprint density at radius 3 is 2.67 bits per heavy atom. The first-order valence-corrected chi connectivity index (χ1v) is 5.38. The average Bonchev–Trinajstić information content (AvgIpc) is 2.30. The number of ether oxygens (including phenoxy) is 1. The van der Waals surface area contributed by atoms with Crippen molar-refractivity contribution in [2.45, 2.75) is 32.4 Å². The van der Waals surface area contributed by atoms with Gasteiger partial charge in [0.1, 0.15) is 0 Å². The molecule has 2 atom stereocenters. The quantitative estimate of drug-likeness (QED) is 0.772. The first-order chi connectivity index (χ1) is 7.33. The lowest BCUT2D eigenvalue weighted by molar-refractivity contribution is 0.0322. The van der Waals surface area contributed by atoms with Gasteiger partial charge in [-0.15, -0.1) is 0 Å². The van der Waals surface area contributed by atoms with E-state index < -0.39 is 0 Å². The number of hydrogen-bond donors (Lipinski definition) is 1. The zero-order valence-electron chi connectivity index (χ0n) is 9.60. The van der Waals surface area contributed by atoms with E-state index in [9.17, 15) is 0 Å². The maximum Gasteiger partial charge on any atom is 0.0782 e. The van der Waals surface area contributed by atoms with E-state index in [0.717, 1.165) is 18.7 Å². The van der Waals surface area contributed by atoms with Crippen molar-refractivity contribution in [1.29, 1.82) is 0 Å². The Kier molecular flexibility index (Phi) is 5.21. The Balaban J connectivity index is 2.77. The fourth-order valence-corrected chi connectivity index (χ4v) is 1.66. The molecule has 0 saturated carbocycles. The summed E-state index contributed by atoms with van der Waals surface area (Å²) in [6, 6.07) is 0.114. The molecule has 1 aromatic heterocycles. The van der Waals surface area contributed by atoms with Crippen molar-refractivity contribution in [1.82, 2.24) is 15.3 Å². The summed E-state index contributed by atoms with van der Waals surface area (Å²) in [5, 5.41) is 3.23. The van der Waals surface area contributed by atoms with Gasteiger partial charge in [-0.1, -0.05) is 6.92 Å². The lowest BCUT2D eigenvalue weighted by Crippen LogP contribution is -2.32. The van der Waals surface area contributed by atoms with Crippen LogP contribution < -0.4 is 5.32 Å². The molecule has 0 aromatic carbocycles. The molecule has 1 aromatic rings. The summed E-state index contributed by atoms with van der Waals surface area (Å²) in [5.41, 5.74) is 0.931. The summed E-state index contributed by atoms with van der Waals surface area (Å²) in [6.45, 7) is 4.84. The van der Waals surface area contributed by atoms with Gasteiger partial charge in [0.25, 0.3) is 0 Å². The van der Waals surface area contributed by atoms with Gasteiger partial charge in [-0.3, -0.25) is 9.97 Å². The molecule has 0 bridgehead atoms. The van der Waals surface area contributed by atoms with E-state index in [0.29, 0.717) is 0 Å². The number of hydrogen-bond acceptors (Lipinski definition) is 4. The third-order valence-corrected chi connectivity index (χ3v) is 2.37. The van der Waals surface area contributed by atoms with Crippen LogP contribution in [0, 0.1) is 0 Å². The van der Waals surface area contributed by atoms with E-state index in [-0.39, 0.29) is 12.1 Å². The van der Waals surface area contributed by atoms with Gasteiger partial charge >= 0.3 is 0 Å². The van der Waals surface area contributed by atoms with Crippen LogP contribution in [0.15, 0.2) is 18.6 Å². The fraction of sp³-hybridized carbons (Fsp3) is 0.636. The third kappa shape index (κ3) is 3.25. The van der Waals surface area contributed by atoms with Gasteiger partial charge < -0.3 is 10.1 Å². The summed E-state index contributed by atoms with van der Waals surface area (Å²) in [6.07, 6.45) is 6.27. The van der Waals surface area contributed by atoms with E-state index in [2.05, 4.69) is 22.2 Å². The van der Waals surface area contributed by atoms with Gasteiger partial charge in [0.15, 0.2) is 0 Å². The normalized spacial score (nSPS) is 14.9. The van der Waals surface area contributed by atoms with Crippen LogP contribution in [-0.4, -0.2) is 29.7 Å². The van der Waals surface area contributed by atoms with Crippen LogP contribution in [0.5, 0.6) is 0 Å². The number of likely N-dealkylation sites (N-methyl/N-ethyl adjacent to an activating group) is 1. The molecule has 1 heterocycles. The van der Waals surface area contributed by atoms with Crippen molar-refractivity contribution in [3.05, 3.63) is 24.3 Å². The van der Waals surface area contributed by atoms with E-state index in [4.69, 9.17) is 4.74 Å². The van der Waals surface area contributed by atoms with Crippen LogP contribution in [0.3, 0.4) is 0 Å². The predicted molar refractivity (Wildman–Crippen MR) is 59.5 cm³/mol. The van der Waals surface area contributed by atoms with Crippen molar-refractivity contribution < 1.29 is 4.74 Å². The van der Waals surface area contributed by atoms with Crippen molar-refractivity contribution in [2.75, 3.05) is 13.7 Å². The average molecular weight is 209 g/mol. The summed E-state index contributed by atoms with van der Waals surface area (Å²) in [7, 11) is 1.92. The second-order valence-electron chi connectivity index (χ2n) is 3.30. The molecule has 4 nitrogen and oxygen atoms in total. The molecular weight excluding hydrogens is 190 g/mol. The molecule has 0 saturated heterocycles. The molecule has 1 N–H and O–H groups in total. The molecule has 1 rings (SSSR count). The van der Waals surface area contributed by atoms with Gasteiger partial charge in [-0.05, 0) is 20.4 Å². The summed E-state index contributed by atoms with van der Waals surface area (Å²) < 4.78 is 5.67. The van der Waals surface area contributed by atoms with E-state index >= 15 is 0 Å². The van der Waals surface area contributed by atoms with Crippen LogP contribution in [0.2, 0.25) is 0 Å². The second-order valence-corrected chi connectivity index (χ2v) is 3.30. The summed E-state index contributed by atoms with van der Waals surface area (Å²) in [4.78, 5) is 8.37. The third-order valence-electron chi connectivity index (χ3n) is 2.37. The topological polar surface area (TPSA) is 47.0 Å². The first-order valence-electron chi connectivity index (χ1n) is 5.38. The van der Waals surface area contributed by atoms with Crippen molar-refractivity contribution in [3.63, 3.8) is 0 Å². The molecule has 15 heavy (non-hydrogen) atoms. The zero-order chi connectivity index (χ0) is 11.1. The van der Waals surface area contributed by atoms with Gasteiger partial charge in [0.05, 0.1) is 24.0 Å². The van der Waals surface area contributed by atoms with E-state index in [1.165, 1.54) is 0 Å². The van der Waals surface area contributed by atoms with E-state index in [1.807, 2.05) is 14.0 Å². The fourth-order valence-electron chi connectivity index (χ4n) is 1.66. The van der Waals surface area contributed by atoms with Gasteiger partial charge in [-0.2, -0.15) is 0 Å². The minimum absolute atomic E-state index is 0.114. The highest BCUT2D eigenvalue weighted by Crippen LogP contribution is 2.18. The van der Waals surface area contributed by atoms with E-state index in [1.54, 1.807) is 18.6 Å². The zero-order valence-corrected chi connectivity index (χ0v) is 9.60. The number of aromatic nitrogens is 2. The van der Waals surface area contributed by atoms with Crippen molar-refractivity contribution in [2.24, 2.45) is 0 Å². The molecule has 0 aliphatic heterocycles. The van der Waals surface area contributed by atoms with Crippen LogP contribution in [0.4, 0.5) is 0 Å². The number of nitrogens with one attached hydrogen (secondary N) is 1. The smallest absolute Gasteiger partial charge is 0.0782 e. The van der Waals surface area contributed by atoms with Crippen LogP contribution >= 0.6 is 0 Å². The SMILES string of the molecule is CCOC(CC)C(NC)c1cnccn1. The molecular formula is C11H19N3O. The Morgan fingerprint density at radius 1 is 1.40 bits per heavy atom. The minimum Gasteiger partial charge on any atom is -0.376 e. The highest BCUT2D eigenvalue weighted by Gasteiger charge is 2.21. The first kappa shape index (κ1) is 12.1. The highest BCUT2D eigenvalue weighted by molar-refractivity contribution is 5.04. The molecule has 0 aliphatic carbocycles. The molecule has 0 spiro atoms. The Hall–Kier alpha value is -1.00. The monoisotopic (exact) mass is 209 g/mol. The maximum absolute atomic E-state index is 5.67. The van der Waals surface area contributed by atoms with Crippen LogP contribution in [0.25, 0.3) is 0 Å². The molecule has 84 valence electrons. The molecule has 0 radical (unpaired) electrons. The Morgan fingerprint density at radius 2 is 2.20 bits per heavy atom. The van der Waals surface area contributed by atoms with Crippen LogP contribution in [0.1, 0.15) is 32.0 Å². The Labute approximate surface area is 91.1 Å². The van der Waals surface area contributed by atoms with Gasteiger partial charge in [0.2, 0.25) is 0 Å². The number of nitrogens with zero attached hydrogens (tertiary/aromatic N) is 2. The minimum atomic E-state index is 0.114. The molecule has 0 amide bonds. The van der Waals surface area contributed by atoms with Crippen molar-refractivity contribution in [3.8, 4) is 0 Å². The molecule has 0 fully saturated rings. The largest absolute Gasteiger partial charge is 0.376 e. The summed E-state index contributed by atoms with van der Waals surface area (Å²) in [5.74, 6) is 0. The van der Waals surface area contributed by atoms with Crippen LogP contribution in [-0.2, 0) is 4.74 Å². The standard InChI is InChI=1S/C11H19N3O/c1-4-10(15-5-2)11(12-3)9-8-13-6-7-14-9/h6-8,10-12H,4-5H2,1-3H3. The Bertz CT molecular complexity index is 266. The van der Waals surface area contributed by atoms with Gasteiger partial charge in [0, 0.05) is 19.0 Å². The lowest BCUT2D eigenvalue weighted by Gasteiger charge is -2.24. The predicted octanol–water partition coefficient (Wildman–Crippen LogP) is 1.55. The van der Waals surface area contributed by atoms with Crippen molar-refractivity contribution >= 4 is 0 Å². The summed E-state index contributed by atoms with van der Waals surface area (Å²) >= 11 is 0. The number of rotatable bonds is 6. The highest BCUT2D eigenvalue weighted by atomic mass is 16.5. The maximum atomic E-state index is 5.67. The molecule has 2 unspecified atom stereocenters. The second kappa shape index (κ2) is 6.48. The van der Waals surface area contributed by atoms with Gasteiger partial charge in [-0.25, -0.2) is 0 Å². The molecule has 4 heteroatoms.